The topological polar surface area (TPSA) is 9.23 Å². The molecule has 0 amide bonds. The Bertz CT molecular complexity index is 1110. The van der Waals surface area contributed by atoms with Crippen molar-refractivity contribution in [1.29, 1.82) is 0 Å². The Labute approximate surface area is 209 Å². The lowest BCUT2D eigenvalue weighted by atomic mass is 9.77. The Morgan fingerprint density at radius 1 is 0.750 bits per heavy atom. The van der Waals surface area contributed by atoms with Crippen LogP contribution in [-0.4, -0.2) is 0 Å². The van der Waals surface area contributed by atoms with Crippen LogP contribution >= 0.6 is 0 Å². The summed E-state index contributed by atoms with van der Waals surface area (Å²) in [6.07, 6.45) is 0.231. The summed E-state index contributed by atoms with van der Waals surface area (Å²) in [7, 11) is 0. The molecule has 0 unspecified atom stereocenters. The van der Waals surface area contributed by atoms with Gasteiger partial charge in [-0.25, -0.2) is 0 Å². The van der Waals surface area contributed by atoms with Gasteiger partial charge in [-0.15, -0.1) is 0 Å². The van der Waals surface area contributed by atoms with Crippen molar-refractivity contribution in [3.05, 3.63) is 89.5 Å². The van der Waals surface area contributed by atoms with Crippen LogP contribution in [0.4, 0.5) is 22.0 Å². The fourth-order valence-electron chi connectivity index (χ4n) is 5.06. The summed E-state index contributed by atoms with van der Waals surface area (Å²) in [6, 6.07) is 16.9. The van der Waals surface area contributed by atoms with E-state index >= 15 is 8.78 Å². The molecule has 3 aromatic rings. The van der Waals surface area contributed by atoms with Crippen molar-refractivity contribution in [2.45, 2.75) is 70.1 Å². The van der Waals surface area contributed by atoms with Crippen molar-refractivity contribution < 1.29 is 26.7 Å². The predicted molar refractivity (Wildman–Crippen MR) is 132 cm³/mol. The molecule has 1 aliphatic rings. The number of benzene rings is 3. The first-order chi connectivity index (χ1) is 17.2. The van der Waals surface area contributed by atoms with E-state index in [2.05, 4.69) is 6.92 Å². The minimum Gasteiger partial charge on any atom is -0.428 e. The second kappa shape index (κ2) is 11.0. The third kappa shape index (κ3) is 6.26. The summed E-state index contributed by atoms with van der Waals surface area (Å²) >= 11 is 0. The van der Waals surface area contributed by atoms with Crippen LogP contribution in [0.1, 0.15) is 74.5 Å². The lowest BCUT2D eigenvalue weighted by Crippen LogP contribution is -2.22. The van der Waals surface area contributed by atoms with Crippen LogP contribution in [0.5, 0.6) is 5.75 Å². The van der Waals surface area contributed by atoms with Crippen molar-refractivity contribution in [3.63, 3.8) is 0 Å². The molecule has 0 aromatic heterocycles. The number of para-hydroxylation sites is 1. The lowest BCUT2D eigenvalue weighted by molar-refractivity contribution is -0.185. The number of rotatable bonds is 8. The Kier molecular flexibility index (Phi) is 8.01. The molecule has 1 nitrogen and oxygen atoms in total. The monoisotopic (exact) mass is 502 g/mol. The number of halogens is 5. The molecule has 0 atom stereocenters. The molecule has 1 saturated carbocycles. The van der Waals surface area contributed by atoms with Gasteiger partial charge in [0.05, 0.1) is 11.1 Å². The number of hydrogen-bond acceptors (Lipinski definition) is 1. The van der Waals surface area contributed by atoms with Gasteiger partial charge in [-0.3, -0.25) is 0 Å². The molecule has 3 aromatic carbocycles. The normalized spacial score (nSPS) is 18.7. The smallest absolute Gasteiger partial charge is 0.426 e. The molecule has 0 spiro atoms. The second-order valence-corrected chi connectivity index (χ2v) is 9.67. The highest BCUT2D eigenvalue weighted by molar-refractivity contribution is 5.70. The van der Waals surface area contributed by atoms with Gasteiger partial charge in [-0.1, -0.05) is 68.7 Å². The SMILES string of the molecule is CCCC[C@H]1CC[C@H](c2ccc(C(F)(F)Oc3ccccc3-c3ccc(C(F)(F)F)cc3)cc2)CC1. The average Bonchev–Trinajstić information content (AvgIpc) is 2.87. The van der Waals surface area contributed by atoms with E-state index in [-0.39, 0.29) is 11.3 Å². The molecule has 36 heavy (non-hydrogen) atoms. The summed E-state index contributed by atoms with van der Waals surface area (Å²) in [5.41, 5.74) is 0.671. The third-order valence-corrected chi connectivity index (χ3v) is 7.18. The predicted octanol–water partition coefficient (Wildman–Crippen LogP) is 9.96. The maximum atomic E-state index is 15.1. The van der Waals surface area contributed by atoms with Gasteiger partial charge in [0.15, 0.2) is 0 Å². The minimum atomic E-state index is -4.47. The maximum Gasteiger partial charge on any atom is 0.426 e. The highest BCUT2D eigenvalue weighted by Gasteiger charge is 2.36. The first-order valence-corrected chi connectivity index (χ1v) is 12.6. The van der Waals surface area contributed by atoms with E-state index in [1.54, 1.807) is 30.3 Å². The van der Waals surface area contributed by atoms with E-state index in [1.165, 1.54) is 62.4 Å². The summed E-state index contributed by atoms with van der Waals surface area (Å²) in [5.74, 6) is 1.08. The van der Waals surface area contributed by atoms with Gasteiger partial charge < -0.3 is 4.74 Å². The Morgan fingerprint density at radius 2 is 1.36 bits per heavy atom. The second-order valence-electron chi connectivity index (χ2n) is 9.67. The van der Waals surface area contributed by atoms with Crippen LogP contribution < -0.4 is 4.74 Å². The van der Waals surface area contributed by atoms with Crippen LogP contribution in [-0.2, 0) is 12.3 Å². The molecule has 0 heterocycles. The van der Waals surface area contributed by atoms with Gasteiger partial charge in [0.25, 0.3) is 0 Å². The fourth-order valence-corrected chi connectivity index (χ4v) is 5.06. The molecule has 4 rings (SSSR count). The molecule has 192 valence electrons. The highest BCUT2D eigenvalue weighted by atomic mass is 19.4. The molecule has 1 aliphatic carbocycles. The van der Waals surface area contributed by atoms with Crippen molar-refractivity contribution in [1.82, 2.24) is 0 Å². The highest BCUT2D eigenvalue weighted by Crippen LogP contribution is 2.41. The number of unbranched alkanes of at least 4 members (excludes halogenated alkanes) is 1. The van der Waals surface area contributed by atoms with Crippen LogP contribution in [0, 0.1) is 5.92 Å². The molecule has 0 aliphatic heterocycles. The van der Waals surface area contributed by atoms with Crippen LogP contribution in [0.25, 0.3) is 11.1 Å². The van der Waals surface area contributed by atoms with Gasteiger partial charge in [-0.2, -0.15) is 22.0 Å². The molecular weight excluding hydrogens is 471 g/mol. The molecule has 0 saturated heterocycles. The molecule has 0 bridgehead atoms. The van der Waals surface area contributed by atoms with E-state index < -0.39 is 17.8 Å². The van der Waals surface area contributed by atoms with Gasteiger partial charge >= 0.3 is 12.3 Å². The van der Waals surface area contributed by atoms with Crippen LogP contribution in [0.3, 0.4) is 0 Å². The van der Waals surface area contributed by atoms with E-state index in [0.29, 0.717) is 17.0 Å². The molecule has 6 heteroatoms. The molecule has 0 radical (unpaired) electrons. The van der Waals surface area contributed by atoms with Crippen molar-refractivity contribution in [2.75, 3.05) is 0 Å². The zero-order valence-electron chi connectivity index (χ0n) is 20.3. The fraction of sp³-hybridized carbons (Fsp3) is 0.400. The van der Waals surface area contributed by atoms with E-state index in [4.69, 9.17) is 4.74 Å². The van der Waals surface area contributed by atoms with Crippen molar-refractivity contribution in [2.24, 2.45) is 5.92 Å². The summed E-state index contributed by atoms with van der Waals surface area (Å²) in [4.78, 5) is 0. The lowest BCUT2D eigenvalue weighted by Gasteiger charge is -2.29. The van der Waals surface area contributed by atoms with Gasteiger partial charge in [-0.05, 0) is 79.0 Å². The standard InChI is InChI=1S/C30H31F5O/c1-2-3-6-21-9-11-22(12-10-21)23-13-19-26(20-14-23)30(34,35)36-28-8-5-4-7-27(28)24-15-17-25(18-16-24)29(31,32)33/h4-5,7-8,13-22H,2-3,6,9-12H2,1H3/t21-,22-. The average molecular weight is 503 g/mol. The van der Waals surface area contributed by atoms with E-state index in [0.717, 1.165) is 36.5 Å². The maximum absolute atomic E-state index is 15.1. The zero-order chi connectivity index (χ0) is 25.8. The van der Waals surface area contributed by atoms with Crippen LogP contribution in [0.15, 0.2) is 72.8 Å². The summed E-state index contributed by atoms with van der Waals surface area (Å²) < 4.78 is 74.1. The molecule has 1 fully saturated rings. The van der Waals surface area contributed by atoms with E-state index in [9.17, 15) is 13.2 Å². The first kappa shape index (κ1) is 26.2. The van der Waals surface area contributed by atoms with Crippen molar-refractivity contribution >= 4 is 0 Å². The largest absolute Gasteiger partial charge is 0.428 e. The van der Waals surface area contributed by atoms with Gasteiger partial charge in [0, 0.05) is 5.56 Å². The van der Waals surface area contributed by atoms with Crippen LogP contribution in [0.2, 0.25) is 0 Å². The molecular formula is C30H31F5O. The summed E-state index contributed by atoms with van der Waals surface area (Å²) in [6.45, 7) is 2.21. The van der Waals surface area contributed by atoms with Gasteiger partial charge in [0.1, 0.15) is 5.75 Å². The number of ether oxygens (including phenoxy) is 1. The zero-order valence-corrected chi connectivity index (χ0v) is 20.3. The Morgan fingerprint density at radius 3 is 1.97 bits per heavy atom. The number of hydrogen-bond donors (Lipinski definition) is 0. The van der Waals surface area contributed by atoms with Gasteiger partial charge in [0.2, 0.25) is 0 Å². The first-order valence-electron chi connectivity index (χ1n) is 12.6. The van der Waals surface area contributed by atoms with Crippen molar-refractivity contribution in [3.8, 4) is 16.9 Å². The quantitative estimate of drug-likeness (QED) is 0.279. The third-order valence-electron chi connectivity index (χ3n) is 7.18. The minimum absolute atomic E-state index is 0.100. The Balaban J connectivity index is 1.46. The molecule has 0 N–H and O–H groups in total. The number of alkyl halides is 5. The summed E-state index contributed by atoms with van der Waals surface area (Å²) in [5, 5.41) is 0. The van der Waals surface area contributed by atoms with E-state index in [1.807, 2.05) is 0 Å². The Hall–Kier alpha value is -2.89.